The lowest BCUT2D eigenvalue weighted by Crippen LogP contribution is -2.27. The Morgan fingerprint density at radius 3 is 2.71 bits per heavy atom. The van der Waals surface area contributed by atoms with Crippen LogP contribution < -0.4 is 5.32 Å². The van der Waals surface area contributed by atoms with Gasteiger partial charge in [0.15, 0.2) is 0 Å². The first-order chi connectivity index (χ1) is 7.86. The van der Waals surface area contributed by atoms with Crippen molar-refractivity contribution in [3.05, 3.63) is 23.5 Å². The average molecular weight is 231 g/mol. The van der Waals surface area contributed by atoms with Crippen molar-refractivity contribution in [2.75, 3.05) is 0 Å². The molecule has 0 atom stereocenters. The van der Waals surface area contributed by atoms with Gasteiger partial charge in [0.2, 0.25) is 5.91 Å². The molecule has 0 radical (unpaired) electrons. The molecule has 1 aromatic rings. The molecule has 17 heavy (non-hydrogen) atoms. The van der Waals surface area contributed by atoms with Gasteiger partial charge >= 0.3 is 0 Å². The van der Waals surface area contributed by atoms with Gasteiger partial charge in [-0.15, -0.1) is 0 Å². The average Bonchev–Trinajstić information content (AvgIpc) is 2.55. The quantitative estimate of drug-likeness (QED) is 0.743. The molecule has 1 aromatic heterocycles. The smallest absolute Gasteiger partial charge is 0.222 e. The van der Waals surface area contributed by atoms with Gasteiger partial charge in [-0.25, -0.2) is 4.99 Å². The van der Waals surface area contributed by atoms with Gasteiger partial charge in [-0.3, -0.25) is 9.78 Å². The van der Waals surface area contributed by atoms with Crippen molar-refractivity contribution in [3.63, 3.8) is 0 Å². The summed E-state index contributed by atoms with van der Waals surface area (Å²) in [5.41, 5.74) is 3.03. The second-order valence-corrected chi connectivity index (χ2v) is 5.36. The van der Waals surface area contributed by atoms with Crippen LogP contribution in [-0.4, -0.2) is 16.7 Å². The molecule has 0 bridgehead atoms. The van der Waals surface area contributed by atoms with Crippen molar-refractivity contribution in [1.82, 2.24) is 10.3 Å². The molecule has 2 rings (SSSR count). The second-order valence-electron chi connectivity index (χ2n) is 5.36. The second kappa shape index (κ2) is 3.95. The first-order valence-corrected chi connectivity index (χ1v) is 5.71. The zero-order valence-corrected chi connectivity index (χ0v) is 10.7. The van der Waals surface area contributed by atoms with E-state index in [1.807, 2.05) is 6.20 Å². The zero-order valence-electron chi connectivity index (χ0n) is 10.7. The summed E-state index contributed by atoms with van der Waals surface area (Å²) in [6, 6.07) is 2.05. The summed E-state index contributed by atoms with van der Waals surface area (Å²) in [7, 11) is 0. The molecule has 0 fully saturated rings. The minimum atomic E-state index is -0.0902. The van der Waals surface area contributed by atoms with Gasteiger partial charge in [0.05, 0.1) is 17.8 Å². The summed E-state index contributed by atoms with van der Waals surface area (Å²) < 4.78 is 0. The number of rotatable bonds is 0. The minimum Gasteiger partial charge on any atom is -0.314 e. The van der Waals surface area contributed by atoms with E-state index in [4.69, 9.17) is 0 Å². The maximum absolute atomic E-state index is 11.0. The molecule has 0 spiro atoms. The number of hydrogen-bond acceptors (Lipinski definition) is 3. The van der Waals surface area contributed by atoms with Crippen LogP contribution in [0.3, 0.4) is 0 Å². The molecule has 0 aromatic carbocycles. The lowest BCUT2D eigenvalue weighted by atomic mass is 9.88. The highest BCUT2D eigenvalue weighted by Crippen LogP contribution is 2.30. The number of aliphatic imine (C=N–C) groups is 1. The van der Waals surface area contributed by atoms with Crippen LogP contribution in [0, 0.1) is 0 Å². The molecule has 2 heterocycles. The summed E-state index contributed by atoms with van der Waals surface area (Å²) >= 11 is 0. The van der Waals surface area contributed by atoms with Gasteiger partial charge in [0, 0.05) is 13.1 Å². The Balaban J connectivity index is 2.30. The molecule has 0 saturated heterocycles. The molecule has 1 aliphatic rings. The first kappa shape index (κ1) is 11.8. The minimum absolute atomic E-state index is 0.0638. The van der Waals surface area contributed by atoms with E-state index in [0.717, 1.165) is 16.9 Å². The van der Waals surface area contributed by atoms with E-state index in [1.165, 1.54) is 6.92 Å². The van der Waals surface area contributed by atoms with Crippen LogP contribution in [0.5, 0.6) is 0 Å². The fraction of sp³-hybridized carbons (Fsp3) is 0.462. The number of hydrogen-bond donors (Lipinski definition) is 1. The van der Waals surface area contributed by atoms with E-state index in [1.54, 1.807) is 0 Å². The predicted octanol–water partition coefficient (Wildman–Crippen LogP) is 2.10. The highest BCUT2D eigenvalue weighted by Gasteiger charge is 2.21. The molecule has 1 aliphatic heterocycles. The number of nitrogens with zero attached hydrogens (tertiary/aromatic N) is 2. The van der Waals surface area contributed by atoms with Crippen LogP contribution in [0.15, 0.2) is 17.3 Å². The number of amides is 1. The van der Waals surface area contributed by atoms with Gasteiger partial charge in [0.25, 0.3) is 0 Å². The van der Waals surface area contributed by atoms with Crippen molar-refractivity contribution in [3.8, 4) is 0 Å². The van der Waals surface area contributed by atoms with Crippen LogP contribution in [0.4, 0.5) is 5.69 Å². The normalized spacial score (nSPS) is 14.2. The predicted molar refractivity (Wildman–Crippen MR) is 67.6 cm³/mol. The molecule has 0 aliphatic carbocycles. The van der Waals surface area contributed by atoms with Crippen molar-refractivity contribution < 1.29 is 4.79 Å². The van der Waals surface area contributed by atoms with Crippen LogP contribution in [-0.2, 0) is 16.6 Å². The van der Waals surface area contributed by atoms with Gasteiger partial charge in [-0.2, -0.15) is 0 Å². The molecular formula is C13H17N3O. The van der Waals surface area contributed by atoms with Crippen molar-refractivity contribution in [2.45, 2.75) is 39.5 Å². The Morgan fingerprint density at radius 2 is 2.12 bits per heavy atom. The molecule has 1 N–H and O–H groups in total. The molecule has 90 valence electrons. The van der Waals surface area contributed by atoms with Crippen molar-refractivity contribution >= 4 is 17.4 Å². The lowest BCUT2D eigenvalue weighted by molar-refractivity contribution is -0.117. The van der Waals surface area contributed by atoms with E-state index in [0.29, 0.717) is 12.3 Å². The van der Waals surface area contributed by atoms with Crippen LogP contribution >= 0.6 is 0 Å². The standard InChI is InChI=1S/C13H17N3O/c1-8(17)15-12-6-10-11(16-12)5-9(7-14-10)13(2,3)4/h5,7H,6H2,1-4H3,(H,15,16,17). The maximum atomic E-state index is 11.0. The first-order valence-electron chi connectivity index (χ1n) is 5.71. The van der Waals surface area contributed by atoms with Gasteiger partial charge in [-0.05, 0) is 17.0 Å². The SMILES string of the molecule is CC(=O)NC1=Nc2cc(C(C)(C)C)cnc2C1. The molecule has 4 heteroatoms. The number of aromatic nitrogens is 1. The molecule has 0 unspecified atom stereocenters. The van der Waals surface area contributed by atoms with Gasteiger partial charge < -0.3 is 5.32 Å². The number of nitrogens with one attached hydrogen (secondary N) is 1. The van der Waals surface area contributed by atoms with Crippen LogP contribution in [0.1, 0.15) is 39.0 Å². The van der Waals surface area contributed by atoms with Crippen LogP contribution in [0.2, 0.25) is 0 Å². The molecule has 1 amide bonds. The van der Waals surface area contributed by atoms with E-state index >= 15 is 0 Å². The molecule has 0 saturated carbocycles. The number of amidine groups is 1. The largest absolute Gasteiger partial charge is 0.314 e. The highest BCUT2D eigenvalue weighted by molar-refractivity contribution is 6.01. The van der Waals surface area contributed by atoms with E-state index in [2.05, 4.69) is 42.1 Å². The monoisotopic (exact) mass is 231 g/mol. The topological polar surface area (TPSA) is 54.4 Å². The third-order valence-electron chi connectivity index (χ3n) is 2.72. The number of carbonyl (C=O) groups excluding carboxylic acids is 1. The molecule has 4 nitrogen and oxygen atoms in total. The fourth-order valence-corrected chi connectivity index (χ4v) is 1.74. The zero-order chi connectivity index (χ0) is 12.6. The van der Waals surface area contributed by atoms with Crippen molar-refractivity contribution in [1.29, 1.82) is 0 Å². The Labute approximate surface area is 101 Å². The summed E-state index contributed by atoms with van der Waals surface area (Å²) in [6.45, 7) is 7.91. The van der Waals surface area contributed by atoms with Crippen molar-refractivity contribution in [2.24, 2.45) is 4.99 Å². The Kier molecular flexibility index (Phi) is 2.73. The lowest BCUT2D eigenvalue weighted by Gasteiger charge is -2.18. The maximum Gasteiger partial charge on any atom is 0.222 e. The number of pyridine rings is 1. The Morgan fingerprint density at radius 1 is 1.41 bits per heavy atom. The van der Waals surface area contributed by atoms with Gasteiger partial charge in [0.1, 0.15) is 5.84 Å². The van der Waals surface area contributed by atoms with Gasteiger partial charge in [-0.1, -0.05) is 20.8 Å². The molecular weight excluding hydrogens is 214 g/mol. The summed E-state index contributed by atoms with van der Waals surface area (Å²) in [5, 5.41) is 2.72. The highest BCUT2D eigenvalue weighted by atomic mass is 16.1. The van der Waals surface area contributed by atoms with Crippen LogP contribution in [0.25, 0.3) is 0 Å². The summed E-state index contributed by atoms with van der Waals surface area (Å²) in [4.78, 5) is 19.8. The third-order valence-corrected chi connectivity index (χ3v) is 2.72. The Hall–Kier alpha value is -1.71. The third kappa shape index (κ3) is 2.52. The summed E-state index contributed by atoms with van der Waals surface area (Å²) in [6.07, 6.45) is 2.50. The Bertz CT molecular complexity index is 498. The van der Waals surface area contributed by atoms with E-state index < -0.39 is 0 Å². The van der Waals surface area contributed by atoms with E-state index in [9.17, 15) is 4.79 Å². The summed E-state index contributed by atoms with van der Waals surface area (Å²) in [5.74, 6) is 0.596. The number of fused-ring (bicyclic) bond motifs is 1. The number of carbonyl (C=O) groups is 1. The fourth-order valence-electron chi connectivity index (χ4n) is 1.74. The van der Waals surface area contributed by atoms with E-state index in [-0.39, 0.29) is 11.3 Å².